The third kappa shape index (κ3) is 4.42. The average molecular weight is 387 g/mol. The molecule has 0 fully saturated rings. The van der Waals surface area contributed by atoms with Crippen molar-refractivity contribution < 1.29 is 28.6 Å². The lowest BCUT2D eigenvalue weighted by atomic mass is 10.1. The number of aromatic amines is 1. The van der Waals surface area contributed by atoms with Crippen LogP contribution in [-0.4, -0.2) is 42.5 Å². The van der Waals surface area contributed by atoms with Crippen molar-refractivity contribution in [1.82, 2.24) is 4.98 Å². The zero-order valence-corrected chi connectivity index (χ0v) is 17.0. The second-order valence-corrected chi connectivity index (χ2v) is 6.62. The lowest BCUT2D eigenvalue weighted by Gasteiger charge is -2.14. The number of carbonyl (C=O) groups is 3. The highest BCUT2D eigenvalue weighted by Crippen LogP contribution is 2.23. The molecular formula is C21H25NO6. The minimum atomic E-state index is -1.03. The summed E-state index contributed by atoms with van der Waals surface area (Å²) in [6.07, 6.45) is -1.03. The monoisotopic (exact) mass is 387 g/mol. The number of aryl methyl sites for hydroxylation is 3. The van der Waals surface area contributed by atoms with Crippen LogP contribution in [0, 0.1) is 27.7 Å². The largest absolute Gasteiger partial charge is 0.481 e. The van der Waals surface area contributed by atoms with E-state index in [0.717, 1.165) is 11.1 Å². The van der Waals surface area contributed by atoms with Crippen molar-refractivity contribution >= 4 is 17.7 Å². The molecule has 1 aromatic carbocycles. The topological polar surface area (TPSA) is 94.7 Å². The Hall–Kier alpha value is -3.09. The van der Waals surface area contributed by atoms with Crippen LogP contribution in [0.4, 0.5) is 0 Å². The van der Waals surface area contributed by atoms with Crippen molar-refractivity contribution in [2.24, 2.45) is 0 Å². The normalized spacial score (nSPS) is 11.6. The van der Waals surface area contributed by atoms with Gasteiger partial charge in [0.1, 0.15) is 5.75 Å². The molecule has 7 heteroatoms. The van der Waals surface area contributed by atoms with E-state index in [4.69, 9.17) is 14.2 Å². The Bertz CT molecular complexity index is 892. The van der Waals surface area contributed by atoms with Crippen molar-refractivity contribution in [3.63, 3.8) is 0 Å². The Labute approximate surface area is 164 Å². The number of Topliss-reactive ketones (excluding diaryl/α,β-unsaturated/α-hetero) is 1. The Balaban J connectivity index is 2.04. The standard InChI is InChI=1S/C21H25NO6/c1-11-8-7-9-12(2)20(11)27-10-16(23)28-15(5)19(24)18-13(3)17(14(4)22-18)21(25)26-6/h7-9,15,22H,10H2,1-6H3/t15-/m0/s1. The highest BCUT2D eigenvalue weighted by Gasteiger charge is 2.27. The van der Waals surface area contributed by atoms with Gasteiger partial charge in [-0.1, -0.05) is 18.2 Å². The summed E-state index contributed by atoms with van der Waals surface area (Å²) in [6, 6.07) is 5.67. The first kappa shape index (κ1) is 21.2. The molecule has 150 valence electrons. The van der Waals surface area contributed by atoms with Crippen LogP contribution in [0.25, 0.3) is 0 Å². The summed E-state index contributed by atoms with van der Waals surface area (Å²) in [5, 5.41) is 0. The predicted octanol–water partition coefficient (Wildman–Crippen LogP) is 3.23. The van der Waals surface area contributed by atoms with Gasteiger partial charge < -0.3 is 19.2 Å². The molecule has 0 saturated heterocycles. The van der Waals surface area contributed by atoms with Crippen LogP contribution >= 0.6 is 0 Å². The van der Waals surface area contributed by atoms with Gasteiger partial charge in [-0.3, -0.25) is 4.79 Å². The average Bonchev–Trinajstić information content (AvgIpc) is 2.94. The zero-order valence-electron chi connectivity index (χ0n) is 17.0. The second kappa shape index (κ2) is 8.73. The molecule has 1 aromatic heterocycles. The predicted molar refractivity (Wildman–Crippen MR) is 103 cm³/mol. The molecule has 28 heavy (non-hydrogen) atoms. The van der Waals surface area contributed by atoms with Gasteiger partial charge in [0.05, 0.1) is 18.4 Å². The van der Waals surface area contributed by atoms with Gasteiger partial charge in [0.2, 0.25) is 5.78 Å². The van der Waals surface area contributed by atoms with Crippen molar-refractivity contribution in [3.8, 4) is 5.75 Å². The van der Waals surface area contributed by atoms with E-state index in [1.54, 1.807) is 13.8 Å². The number of benzene rings is 1. The van der Waals surface area contributed by atoms with Crippen LogP contribution < -0.4 is 4.74 Å². The molecular weight excluding hydrogens is 362 g/mol. The molecule has 0 amide bonds. The molecule has 0 aliphatic heterocycles. The molecule has 0 unspecified atom stereocenters. The molecule has 0 saturated carbocycles. The minimum absolute atomic E-state index is 0.217. The van der Waals surface area contributed by atoms with E-state index in [2.05, 4.69) is 4.98 Å². The van der Waals surface area contributed by atoms with Crippen molar-refractivity contribution in [1.29, 1.82) is 0 Å². The maximum Gasteiger partial charge on any atom is 0.344 e. The highest BCUT2D eigenvalue weighted by atomic mass is 16.6. The number of esters is 2. The Morgan fingerprint density at radius 1 is 1.07 bits per heavy atom. The van der Waals surface area contributed by atoms with Gasteiger partial charge in [-0.2, -0.15) is 0 Å². The van der Waals surface area contributed by atoms with Gasteiger partial charge in [0, 0.05) is 5.69 Å². The second-order valence-electron chi connectivity index (χ2n) is 6.62. The van der Waals surface area contributed by atoms with Gasteiger partial charge in [-0.25, -0.2) is 9.59 Å². The number of hydrogen-bond acceptors (Lipinski definition) is 6. The summed E-state index contributed by atoms with van der Waals surface area (Å²) < 4.78 is 15.5. The van der Waals surface area contributed by atoms with Crippen LogP contribution in [0.15, 0.2) is 18.2 Å². The molecule has 1 heterocycles. The van der Waals surface area contributed by atoms with Crippen LogP contribution in [0.5, 0.6) is 5.75 Å². The van der Waals surface area contributed by atoms with Crippen LogP contribution in [0.2, 0.25) is 0 Å². The van der Waals surface area contributed by atoms with Gasteiger partial charge in [0.15, 0.2) is 12.7 Å². The molecule has 0 bridgehead atoms. The summed E-state index contributed by atoms with van der Waals surface area (Å²) in [7, 11) is 1.27. The van der Waals surface area contributed by atoms with E-state index in [-0.39, 0.29) is 12.3 Å². The fourth-order valence-corrected chi connectivity index (χ4v) is 3.05. The maximum atomic E-state index is 12.7. The number of ether oxygens (including phenoxy) is 3. The number of H-pyrrole nitrogens is 1. The van der Waals surface area contributed by atoms with Crippen molar-refractivity contribution in [3.05, 3.63) is 51.8 Å². The lowest BCUT2D eigenvalue weighted by Crippen LogP contribution is -2.28. The lowest BCUT2D eigenvalue weighted by molar-refractivity contribution is -0.148. The SMILES string of the molecule is COC(=O)c1c(C)[nH]c(C(=O)[C@H](C)OC(=O)COc2c(C)cccc2C)c1C. The number of carbonyl (C=O) groups excluding carboxylic acids is 3. The van der Waals surface area contributed by atoms with Gasteiger partial charge >= 0.3 is 11.9 Å². The third-order valence-corrected chi connectivity index (χ3v) is 4.49. The number of ketones is 1. The molecule has 1 atom stereocenters. The van der Waals surface area contributed by atoms with Crippen molar-refractivity contribution in [2.75, 3.05) is 13.7 Å². The summed E-state index contributed by atoms with van der Waals surface area (Å²) >= 11 is 0. The number of methoxy groups -OCH3 is 1. The van der Waals surface area contributed by atoms with E-state index in [9.17, 15) is 14.4 Å². The minimum Gasteiger partial charge on any atom is -0.481 e. The summed E-state index contributed by atoms with van der Waals surface area (Å²) in [5.41, 5.74) is 3.32. The Morgan fingerprint density at radius 2 is 1.68 bits per heavy atom. The quantitative estimate of drug-likeness (QED) is 0.579. The van der Waals surface area contributed by atoms with Crippen LogP contribution in [0.1, 0.15) is 50.2 Å². The number of para-hydroxylation sites is 1. The van der Waals surface area contributed by atoms with E-state index in [0.29, 0.717) is 22.6 Å². The number of aromatic nitrogens is 1. The van der Waals surface area contributed by atoms with E-state index in [1.165, 1.54) is 14.0 Å². The first-order valence-electron chi connectivity index (χ1n) is 8.87. The smallest absolute Gasteiger partial charge is 0.344 e. The van der Waals surface area contributed by atoms with E-state index in [1.807, 2.05) is 32.0 Å². The summed E-state index contributed by atoms with van der Waals surface area (Å²) in [5.74, 6) is -0.997. The molecule has 2 aromatic rings. The fraction of sp³-hybridized carbons (Fsp3) is 0.381. The van der Waals surface area contributed by atoms with Gasteiger partial charge in [-0.05, 0) is 51.3 Å². The number of nitrogens with one attached hydrogen (secondary N) is 1. The number of hydrogen-bond donors (Lipinski definition) is 1. The molecule has 0 aliphatic carbocycles. The van der Waals surface area contributed by atoms with Gasteiger partial charge in [-0.15, -0.1) is 0 Å². The first-order valence-corrected chi connectivity index (χ1v) is 8.87. The molecule has 0 spiro atoms. The fourth-order valence-electron chi connectivity index (χ4n) is 3.05. The zero-order chi connectivity index (χ0) is 21.0. The van der Waals surface area contributed by atoms with Crippen molar-refractivity contribution in [2.45, 2.75) is 40.7 Å². The summed E-state index contributed by atoms with van der Waals surface area (Å²) in [6.45, 7) is 8.25. The molecule has 7 nitrogen and oxygen atoms in total. The van der Waals surface area contributed by atoms with Crippen LogP contribution in [-0.2, 0) is 14.3 Å². The first-order chi connectivity index (χ1) is 13.2. The highest BCUT2D eigenvalue weighted by molar-refractivity contribution is 6.03. The van der Waals surface area contributed by atoms with E-state index >= 15 is 0 Å². The van der Waals surface area contributed by atoms with E-state index < -0.39 is 23.8 Å². The van der Waals surface area contributed by atoms with Gasteiger partial charge in [0.25, 0.3) is 0 Å². The molecule has 0 aliphatic rings. The Morgan fingerprint density at radius 3 is 2.25 bits per heavy atom. The molecule has 1 N–H and O–H groups in total. The summed E-state index contributed by atoms with van der Waals surface area (Å²) in [4.78, 5) is 39.5. The Kier molecular flexibility index (Phi) is 6.62. The maximum absolute atomic E-state index is 12.7. The molecule has 0 radical (unpaired) electrons. The van der Waals surface area contributed by atoms with Crippen LogP contribution in [0.3, 0.4) is 0 Å². The third-order valence-electron chi connectivity index (χ3n) is 4.49. The number of rotatable bonds is 7. The molecule has 2 rings (SSSR count).